The summed E-state index contributed by atoms with van der Waals surface area (Å²) in [4.78, 5) is 0. The maximum atomic E-state index is 11.9. The van der Waals surface area contributed by atoms with Crippen LogP contribution in [0.5, 0.6) is 0 Å². The van der Waals surface area contributed by atoms with Crippen molar-refractivity contribution in [3.8, 4) is 0 Å². The molecule has 36 heteroatoms. The van der Waals surface area contributed by atoms with Gasteiger partial charge in [-0.05, 0) is 37.5 Å². The molecule has 0 spiro atoms. The minimum atomic E-state index is -2.16. The van der Waals surface area contributed by atoms with Gasteiger partial charge in [0, 0.05) is 19.1 Å². The second-order valence-electron chi connectivity index (χ2n) is 29.1. The van der Waals surface area contributed by atoms with Gasteiger partial charge < -0.3 is 178 Å². The maximum Gasteiger partial charge on any atom is 0.187 e. The van der Waals surface area contributed by atoms with Crippen LogP contribution in [0.25, 0.3) is 0 Å². The number of aliphatic hydroxyl groups is 21. The average molecular weight is 1530 g/mol. The summed E-state index contributed by atoms with van der Waals surface area (Å²) in [5, 5.41) is 229. The van der Waals surface area contributed by atoms with Crippen molar-refractivity contribution in [2.45, 2.75) is 315 Å². The molecule has 0 aromatic carbocycles. The normalized spacial score (nSPS) is 39.2. The van der Waals surface area contributed by atoms with E-state index in [-0.39, 0.29) is 31.7 Å². The Bertz CT molecular complexity index is 2040. The Kier molecular flexibility index (Phi) is 41.6. The van der Waals surface area contributed by atoms with Crippen LogP contribution >= 0.6 is 0 Å². The van der Waals surface area contributed by atoms with Gasteiger partial charge in [0.1, 0.15) is 146 Å². The van der Waals surface area contributed by atoms with E-state index in [0.29, 0.717) is 13.2 Å². The van der Waals surface area contributed by atoms with Gasteiger partial charge in [0.05, 0.1) is 91.3 Å². The molecule has 105 heavy (non-hydrogen) atoms. The fourth-order valence-electron chi connectivity index (χ4n) is 13.8. The molecule has 0 aromatic rings. The van der Waals surface area contributed by atoms with Gasteiger partial charge in [-0.1, -0.05) is 105 Å². The van der Waals surface area contributed by atoms with E-state index >= 15 is 0 Å². The van der Waals surface area contributed by atoms with Crippen molar-refractivity contribution in [1.29, 1.82) is 0 Å². The summed E-state index contributed by atoms with van der Waals surface area (Å²) in [6.45, 7) is 0.915. The molecule has 620 valence electrons. The van der Waals surface area contributed by atoms with E-state index in [9.17, 15) is 107 Å². The van der Waals surface area contributed by atoms with E-state index in [1.165, 1.54) is 0 Å². The first kappa shape index (κ1) is 92.4. The van der Waals surface area contributed by atoms with Crippen molar-refractivity contribution in [2.75, 3.05) is 99.1 Å². The highest BCUT2D eigenvalue weighted by Crippen LogP contribution is 2.37. The molecular formula is C69H128O36. The molecule has 6 fully saturated rings. The van der Waals surface area contributed by atoms with Gasteiger partial charge in [-0.15, -0.1) is 0 Å². The van der Waals surface area contributed by atoms with Gasteiger partial charge in [-0.25, -0.2) is 0 Å². The largest absolute Gasteiger partial charge is 0.394 e. The third-order valence-electron chi connectivity index (χ3n) is 20.6. The van der Waals surface area contributed by atoms with Crippen LogP contribution in [0.1, 0.15) is 130 Å². The van der Waals surface area contributed by atoms with Crippen molar-refractivity contribution >= 4 is 0 Å². The van der Waals surface area contributed by atoms with Crippen molar-refractivity contribution < 1.29 is 178 Å². The molecule has 0 radical (unpaired) electrons. The summed E-state index contributed by atoms with van der Waals surface area (Å²) >= 11 is 0. The topological polar surface area (TPSA) is 563 Å². The van der Waals surface area contributed by atoms with Crippen LogP contribution in [0, 0.1) is 23.2 Å². The van der Waals surface area contributed by atoms with E-state index in [1.54, 1.807) is 0 Å². The second kappa shape index (κ2) is 47.3. The van der Waals surface area contributed by atoms with E-state index in [1.807, 2.05) is 0 Å². The molecule has 6 rings (SSSR count). The Labute approximate surface area is 613 Å². The molecule has 0 aliphatic carbocycles. The predicted molar refractivity (Wildman–Crippen MR) is 359 cm³/mol. The van der Waals surface area contributed by atoms with Gasteiger partial charge in [-0.2, -0.15) is 0 Å². The lowest BCUT2D eigenvalue weighted by atomic mass is 9.91. The molecular weight excluding hydrogens is 1400 g/mol. The molecule has 36 nitrogen and oxygen atoms in total. The minimum absolute atomic E-state index is 0.142. The first-order valence-corrected chi connectivity index (χ1v) is 37.7. The van der Waals surface area contributed by atoms with Crippen molar-refractivity contribution in [3.63, 3.8) is 0 Å². The minimum Gasteiger partial charge on any atom is -0.394 e. The van der Waals surface area contributed by atoms with Crippen LogP contribution in [0.15, 0.2) is 0 Å². The number of hydrogen-bond acceptors (Lipinski definition) is 36. The molecule has 0 aromatic heterocycles. The van der Waals surface area contributed by atoms with Crippen LogP contribution in [0.3, 0.4) is 0 Å². The van der Waals surface area contributed by atoms with Gasteiger partial charge >= 0.3 is 0 Å². The lowest BCUT2D eigenvalue weighted by Crippen LogP contribution is -2.65. The second-order valence-corrected chi connectivity index (χ2v) is 29.1. The molecule has 6 aliphatic heterocycles. The first-order chi connectivity index (χ1) is 50.3. The van der Waals surface area contributed by atoms with E-state index in [4.69, 9.17) is 71.1 Å². The Morgan fingerprint density at radius 2 is 0.495 bits per heavy atom. The Morgan fingerprint density at radius 1 is 0.257 bits per heavy atom. The molecule has 6 aliphatic rings. The standard InChI is InChI=1S/C69H128O36/c1-5-9-13-17-36(18-14-10-6-2)27-91-29-38(30-92-28-37(19-15-11-7-3)20-16-12-8-4)31-93-32-69(33-94-63-57(88)51(82)60(42(24-73)100-63)103-66-54(85)48(79)45(76)39(21-70)97-66,34-95-64-58(89)52(83)61(43(25-74)101-64)104-67-55(86)49(80)46(77)40(22-71)98-67)35-96-65-59(90)53(84)62(44(26-75)102-65)105-68-56(87)50(81)47(78)41(23-72)99-68/h36-68,70-90H,5-35H2,1-4H3/t39?,40?,41?,42?,43?,44?,45-,46-,47-,48?,49?,50?,51?,52?,53?,54?,55?,56?,57?,58?,59?,60-,61-,62+,63-,64-,65-,66-,67-,68-,69?/m1/s1. The number of ether oxygens (including phenoxy) is 15. The first-order valence-electron chi connectivity index (χ1n) is 37.7. The molecule has 30 atom stereocenters. The molecule has 0 saturated carbocycles. The number of aliphatic hydroxyl groups excluding tert-OH is 21. The predicted octanol–water partition coefficient (Wildman–Crippen LogP) is -5.89. The van der Waals surface area contributed by atoms with Crippen molar-refractivity contribution in [3.05, 3.63) is 0 Å². The van der Waals surface area contributed by atoms with E-state index in [0.717, 1.165) is 103 Å². The molecule has 0 bridgehead atoms. The SMILES string of the molecule is CCCCCC(CCCCC)COCC(COCC(CCCCC)CCCCC)COCC(CO[C@@H]1OC(CO)[C@@H](O[C@H]2OC(CO)[C@@H](O)C(O)C2O)C(O)C1O)(CO[C@@H]1OC(CO)[C@@H](O[C@H]2OC(CO)[C@@H](O)C(O)C2O)C(O)C1O)CO[C@@H]1OC(CO)[C@H](O[C@H]2OC(CO)[C@@H](O)C(O)C2O)C(O)C1O. The van der Waals surface area contributed by atoms with E-state index < -0.39 is 262 Å². The Balaban J connectivity index is 1.38. The number of rotatable bonds is 49. The zero-order valence-corrected chi connectivity index (χ0v) is 61.0. The van der Waals surface area contributed by atoms with E-state index in [2.05, 4.69) is 27.7 Å². The summed E-state index contributed by atoms with van der Waals surface area (Å²) in [6.07, 6.45) is -40.3. The van der Waals surface area contributed by atoms with Crippen LogP contribution in [-0.4, -0.2) is 391 Å². The van der Waals surface area contributed by atoms with Crippen LogP contribution in [0.2, 0.25) is 0 Å². The zero-order valence-electron chi connectivity index (χ0n) is 61.0. The van der Waals surface area contributed by atoms with Crippen LogP contribution in [0.4, 0.5) is 0 Å². The zero-order chi connectivity index (χ0) is 77.1. The van der Waals surface area contributed by atoms with Gasteiger partial charge in [0.25, 0.3) is 0 Å². The van der Waals surface area contributed by atoms with Gasteiger partial charge in [-0.3, -0.25) is 0 Å². The molecule has 18 unspecified atom stereocenters. The molecule has 0 amide bonds. The van der Waals surface area contributed by atoms with Gasteiger partial charge in [0.15, 0.2) is 37.7 Å². The summed E-state index contributed by atoms with van der Waals surface area (Å²) in [7, 11) is 0. The average Bonchev–Trinajstić information content (AvgIpc) is 0.796. The highest BCUT2D eigenvalue weighted by Gasteiger charge is 2.56. The maximum absolute atomic E-state index is 11.9. The van der Waals surface area contributed by atoms with Crippen LogP contribution in [-0.2, 0) is 71.1 Å². The van der Waals surface area contributed by atoms with Gasteiger partial charge in [0.2, 0.25) is 0 Å². The van der Waals surface area contributed by atoms with Crippen molar-refractivity contribution in [2.24, 2.45) is 23.2 Å². The Morgan fingerprint density at radius 3 is 0.752 bits per heavy atom. The number of hydrogen-bond donors (Lipinski definition) is 21. The molecule has 6 saturated heterocycles. The smallest absolute Gasteiger partial charge is 0.187 e. The summed E-state index contributed by atoms with van der Waals surface area (Å²) in [6, 6.07) is 0. The fourth-order valence-corrected chi connectivity index (χ4v) is 13.8. The lowest BCUT2D eigenvalue weighted by Gasteiger charge is -2.47. The quantitative estimate of drug-likeness (QED) is 0.0252. The summed E-state index contributed by atoms with van der Waals surface area (Å²) in [5.74, 6) is 0.0192. The Hall–Kier alpha value is -1.44. The molecule has 21 N–H and O–H groups in total. The lowest BCUT2D eigenvalue weighted by molar-refractivity contribution is -0.370. The highest BCUT2D eigenvalue weighted by atomic mass is 16.8. The number of unbranched alkanes of at least 4 members (excludes halogenated alkanes) is 8. The summed E-state index contributed by atoms with van der Waals surface area (Å²) < 4.78 is 90.9. The third kappa shape index (κ3) is 26.0. The van der Waals surface area contributed by atoms with Crippen LogP contribution < -0.4 is 0 Å². The van der Waals surface area contributed by atoms with Crippen molar-refractivity contribution in [1.82, 2.24) is 0 Å². The molecule has 6 heterocycles. The highest BCUT2D eigenvalue weighted by molar-refractivity contribution is 4.99. The third-order valence-corrected chi connectivity index (χ3v) is 20.6. The summed E-state index contributed by atoms with van der Waals surface area (Å²) in [5.41, 5.74) is -2.00. The fraction of sp³-hybridized carbons (Fsp3) is 1.00. The monoisotopic (exact) mass is 1530 g/mol.